The third-order valence-electron chi connectivity index (χ3n) is 5.40. The summed E-state index contributed by atoms with van der Waals surface area (Å²) in [7, 11) is 1.43. The van der Waals surface area contributed by atoms with Gasteiger partial charge in [0.2, 0.25) is 11.8 Å². The number of anilines is 1. The van der Waals surface area contributed by atoms with Gasteiger partial charge in [-0.25, -0.2) is 0 Å². The second-order valence-corrected chi connectivity index (χ2v) is 7.63. The van der Waals surface area contributed by atoms with Crippen LogP contribution in [0.1, 0.15) is 27.9 Å². The molecule has 8 nitrogen and oxygen atoms in total. The van der Waals surface area contributed by atoms with E-state index < -0.39 is 6.04 Å². The highest BCUT2D eigenvalue weighted by atomic mass is 16.5. The summed E-state index contributed by atoms with van der Waals surface area (Å²) in [6.45, 7) is 0.195. The van der Waals surface area contributed by atoms with E-state index in [9.17, 15) is 19.5 Å². The lowest BCUT2D eigenvalue weighted by atomic mass is 10.1. The van der Waals surface area contributed by atoms with Gasteiger partial charge in [0.15, 0.2) is 0 Å². The molecular weight excluding hydrogens is 398 g/mol. The zero-order valence-electron chi connectivity index (χ0n) is 17.0. The number of carbonyl (C=O) groups excluding carboxylic acids is 3. The number of hydrogen-bond acceptors (Lipinski definition) is 5. The maximum absolute atomic E-state index is 13.2. The molecule has 2 aromatic rings. The molecule has 0 saturated carbocycles. The molecule has 2 aliphatic rings. The summed E-state index contributed by atoms with van der Waals surface area (Å²) >= 11 is 0. The molecule has 2 aliphatic heterocycles. The molecule has 2 heterocycles. The number of ether oxygens (including phenoxy) is 1. The first-order valence-corrected chi connectivity index (χ1v) is 9.96. The van der Waals surface area contributed by atoms with Gasteiger partial charge in [-0.3, -0.25) is 14.4 Å². The summed E-state index contributed by atoms with van der Waals surface area (Å²) in [6, 6.07) is 11.1. The molecule has 2 atom stereocenters. The molecule has 160 valence electrons. The fourth-order valence-electron chi connectivity index (χ4n) is 3.91. The molecule has 0 bridgehead atoms. The van der Waals surface area contributed by atoms with Crippen LogP contribution in [0, 0.1) is 0 Å². The van der Waals surface area contributed by atoms with E-state index in [4.69, 9.17) is 4.74 Å². The van der Waals surface area contributed by atoms with Gasteiger partial charge in [-0.05, 0) is 41.8 Å². The molecule has 2 aromatic carbocycles. The zero-order valence-corrected chi connectivity index (χ0v) is 17.0. The van der Waals surface area contributed by atoms with Gasteiger partial charge in [-0.15, -0.1) is 0 Å². The van der Waals surface area contributed by atoms with Crippen molar-refractivity contribution < 1.29 is 24.2 Å². The Balaban J connectivity index is 1.55. The Kier molecular flexibility index (Phi) is 5.73. The Hall–Kier alpha value is -3.65. The summed E-state index contributed by atoms with van der Waals surface area (Å²) in [5.41, 5.74) is 2.59. The van der Waals surface area contributed by atoms with Crippen molar-refractivity contribution in [1.29, 1.82) is 0 Å². The molecule has 4 rings (SSSR count). The third-order valence-corrected chi connectivity index (χ3v) is 5.40. The SMILES string of the molecule is COCC(=O)N[C@H]1C[C@H]2C(=O)Nc3ccc(/C=C/c4ccc(O)cc4)cc3C(=O)N2C1. The lowest BCUT2D eigenvalue weighted by Crippen LogP contribution is -2.41. The first kappa shape index (κ1) is 20.6. The van der Waals surface area contributed by atoms with Crippen LogP contribution < -0.4 is 10.6 Å². The summed E-state index contributed by atoms with van der Waals surface area (Å²) in [4.78, 5) is 39.3. The van der Waals surface area contributed by atoms with Crippen LogP contribution in [0.4, 0.5) is 5.69 Å². The minimum Gasteiger partial charge on any atom is -0.508 e. The van der Waals surface area contributed by atoms with Crippen LogP contribution >= 0.6 is 0 Å². The quantitative estimate of drug-likeness (QED) is 0.639. The van der Waals surface area contributed by atoms with Crippen LogP contribution in [0.2, 0.25) is 0 Å². The molecule has 31 heavy (non-hydrogen) atoms. The number of phenols is 1. The largest absolute Gasteiger partial charge is 0.508 e. The van der Waals surface area contributed by atoms with Gasteiger partial charge in [0.25, 0.3) is 5.91 Å². The second-order valence-electron chi connectivity index (χ2n) is 7.63. The summed E-state index contributed by atoms with van der Waals surface area (Å²) < 4.78 is 4.82. The molecule has 0 aromatic heterocycles. The maximum Gasteiger partial charge on any atom is 0.256 e. The molecule has 8 heteroatoms. The van der Waals surface area contributed by atoms with Crippen molar-refractivity contribution in [2.24, 2.45) is 0 Å². The first-order chi connectivity index (χ1) is 14.9. The van der Waals surface area contributed by atoms with Gasteiger partial charge in [-0.1, -0.05) is 30.4 Å². The van der Waals surface area contributed by atoms with Crippen LogP contribution in [0.5, 0.6) is 5.75 Å². The molecule has 3 N–H and O–H groups in total. The van der Waals surface area contributed by atoms with Gasteiger partial charge >= 0.3 is 0 Å². The highest BCUT2D eigenvalue weighted by molar-refractivity contribution is 6.10. The number of benzene rings is 2. The van der Waals surface area contributed by atoms with E-state index in [1.54, 1.807) is 36.4 Å². The van der Waals surface area contributed by atoms with Crippen LogP contribution in [-0.4, -0.2) is 60.1 Å². The second kappa shape index (κ2) is 8.61. The number of nitrogens with one attached hydrogen (secondary N) is 2. The highest BCUT2D eigenvalue weighted by Gasteiger charge is 2.43. The zero-order chi connectivity index (χ0) is 22.0. The van der Waals surface area contributed by atoms with Crippen molar-refractivity contribution in [3.8, 4) is 5.75 Å². The summed E-state index contributed by atoms with van der Waals surface area (Å²) in [5.74, 6) is -0.592. The van der Waals surface area contributed by atoms with Crippen molar-refractivity contribution in [1.82, 2.24) is 10.2 Å². The van der Waals surface area contributed by atoms with E-state index in [-0.39, 0.29) is 42.7 Å². The van der Waals surface area contributed by atoms with Crippen molar-refractivity contribution in [3.63, 3.8) is 0 Å². The van der Waals surface area contributed by atoms with E-state index in [2.05, 4.69) is 10.6 Å². The number of aromatic hydroxyl groups is 1. The van der Waals surface area contributed by atoms with Crippen LogP contribution in [0.25, 0.3) is 12.2 Å². The van der Waals surface area contributed by atoms with E-state index >= 15 is 0 Å². The molecule has 1 saturated heterocycles. The third kappa shape index (κ3) is 4.44. The number of rotatable bonds is 5. The van der Waals surface area contributed by atoms with Crippen LogP contribution in [-0.2, 0) is 14.3 Å². The van der Waals surface area contributed by atoms with Gasteiger partial charge in [0.05, 0.1) is 11.3 Å². The minimum absolute atomic E-state index is 0.0686. The molecule has 1 fully saturated rings. The fourth-order valence-corrected chi connectivity index (χ4v) is 3.91. The highest BCUT2D eigenvalue weighted by Crippen LogP contribution is 2.30. The molecule has 0 unspecified atom stereocenters. The van der Waals surface area contributed by atoms with E-state index in [0.29, 0.717) is 17.7 Å². The minimum atomic E-state index is -0.635. The van der Waals surface area contributed by atoms with E-state index in [1.165, 1.54) is 12.0 Å². The molecule has 0 radical (unpaired) electrons. The Labute approximate surface area is 179 Å². The number of amides is 3. The maximum atomic E-state index is 13.2. The van der Waals surface area contributed by atoms with Gasteiger partial charge in [-0.2, -0.15) is 0 Å². The van der Waals surface area contributed by atoms with E-state index in [0.717, 1.165) is 11.1 Å². The van der Waals surface area contributed by atoms with Crippen molar-refractivity contribution in [3.05, 3.63) is 59.2 Å². The average Bonchev–Trinajstić information content (AvgIpc) is 3.14. The topological polar surface area (TPSA) is 108 Å². The van der Waals surface area contributed by atoms with Gasteiger partial charge in [0.1, 0.15) is 18.4 Å². The summed E-state index contributed by atoms with van der Waals surface area (Å²) in [6.07, 6.45) is 4.09. The number of carbonyl (C=O) groups is 3. The lowest BCUT2D eigenvalue weighted by molar-refractivity contribution is -0.125. The van der Waals surface area contributed by atoms with Crippen molar-refractivity contribution >= 4 is 35.6 Å². The predicted molar refractivity (Wildman–Crippen MR) is 115 cm³/mol. The first-order valence-electron chi connectivity index (χ1n) is 9.96. The Bertz CT molecular complexity index is 1050. The van der Waals surface area contributed by atoms with Gasteiger partial charge in [0, 0.05) is 19.7 Å². The average molecular weight is 421 g/mol. The number of phenolic OH excluding ortho intramolecular Hbond substituents is 1. The standard InChI is InChI=1S/C23H23N3O5/c1-31-13-21(28)24-16-11-20-22(29)25-19-9-6-15(10-18(19)23(30)26(20)12-16)3-2-14-4-7-17(27)8-5-14/h2-10,16,20,27H,11-13H2,1H3,(H,24,28)(H,25,29)/b3-2+/t16-,20-/m0/s1. The smallest absolute Gasteiger partial charge is 0.256 e. The van der Waals surface area contributed by atoms with Crippen molar-refractivity contribution in [2.75, 3.05) is 25.6 Å². The molecule has 0 spiro atoms. The van der Waals surface area contributed by atoms with Crippen LogP contribution in [0.15, 0.2) is 42.5 Å². The number of nitrogens with zero attached hydrogens (tertiary/aromatic N) is 1. The van der Waals surface area contributed by atoms with Gasteiger partial charge < -0.3 is 25.4 Å². The van der Waals surface area contributed by atoms with E-state index in [1.807, 2.05) is 18.2 Å². The number of methoxy groups -OCH3 is 1. The molecular formula is C23H23N3O5. The summed E-state index contributed by atoms with van der Waals surface area (Å²) in [5, 5.41) is 15.0. The normalized spacial score (nSPS) is 20.2. The van der Waals surface area contributed by atoms with Crippen LogP contribution in [0.3, 0.4) is 0 Å². The Morgan fingerprint density at radius 2 is 1.90 bits per heavy atom. The number of fused-ring (bicyclic) bond motifs is 2. The number of hydrogen-bond donors (Lipinski definition) is 3. The van der Waals surface area contributed by atoms with Crippen molar-refractivity contribution in [2.45, 2.75) is 18.5 Å². The molecule has 0 aliphatic carbocycles. The Morgan fingerprint density at radius 3 is 2.65 bits per heavy atom. The Morgan fingerprint density at radius 1 is 1.19 bits per heavy atom. The fraction of sp³-hybridized carbons (Fsp3) is 0.261. The molecule has 3 amide bonds. The lowest BCUT2D eigenvalue weighted by Gasteiger charge is -2.20. The predicted octanol–water partition coefficient (Wildman–Crippen LogP) is 1.86. The monoisotopic (exact) mass is 421 g/mol.